The van der Waals surface area contributed by atoms with Crippen LogP contribution in [0.15, 0.2) is 108 Å². The lowest BCUT2D eigenvalue weighted by atomic mass is 10.0. The summed E-state index contributed by atoms with van der Waals surface area (Å²) in [6.07, 6.45) is 1.82. The molecule has 0 aromatic heterocycles. The topological polar surface area (TPSA) is 96.0 Å². The van der Waals surface area contributed by atoms with Gasteiger partial charge in [-0.1, -0.05) is 103 Å². The lowest BCUT2D eigenvalue weighted by Crippen LogP contribution is -2.53. The number of carbonyl (C=O) groups is 2. The van der Waals surface area contributed by atoms with Crippen molar-refractivity contribution >= 4 is 50.7 Å². The Morgan fingerprint density at radius 1 is 0.891 bits per heavy atom. The number of methoxy groups -OCH3 is 1. The lowest BCUT2D eigenvalue weighted by molar-refractivity contribution is -0.140. The molecule has 4 aromatic rings. The van der Waals surface area contributed by atoms with Crippen LogP contribution < -0.4 is 14.4 Å². The summed E-state index contributed by atoms with van der Waals surface area (Å²) in [5.41, 5.74) is 1.56. The van der Waals surface area contributed by atoms with E-state index in [1.54, 1.807) is 60.7 Å². The number of anilines is 1. The highest BCUT2D eigenvalue weighted by Gasteiger charge is 2.35. The lowest BCUT2D eigenvalue weighted by Gasteiger charge is -2.34. The second-order valence-electron chi connectivity index (χ2n) is 10.6. The van der Waals surface area contributed by atoms with Gasteiger partial charge < -0.3 is 15.0 Å². The van der Waals surface area contributed by atoms with Crippen LogP contribution in [0.1, 0.15) is 30.9 Å². The summed E-state index contributed by atoms with van der Waals surface area (Å²) >= 11 is 12.7. The highest BCUT2D eigenvalue weighted by Crippen LogP contribution is 2.33. The van der Waals surface area contributed by atoms with Gasteiger partial charge in [-0.25, -0.2) is 8.42 Å². The third kappa shape index (κ3) is 8.81. The zero-order valence-corrected chi connectivity index (χ0v) is 28.1. The molecular weight excluding hydrogens is 645 g/mol. The molecule has 1 atom stereocenters. The Morgan fingerprint density at radius 3 is 2.20 bits per heavy atom. The van der Waals surface area contributed by atoms with Gasteiger partial charge in [-0.3, -0.25) is 13.9 Å². The summed E-state index contributed by atoms with van der Waals surface area (Å²) in [5, 5.41) is 3.70. The molecule has 8 nitrogen and oxygen atoms in total. The van der Waals surface area contributed by atoms with Gasteiger partial charge in [-0.05, 0) is 53.9 Å². The molecule has 0 saturated heterocycles. The monoisotopic (exact) mass is 681 g/mol. The molecule has 2 amide bonds. The number of hydrogen-bond donors (Lipinski definition) is 1. The van der Waals surface area contributed by atoms with Gasteiger partial charge in [-0.15, -0.1) is 0 Å². The van der Waals surface area contributed by atoms with E-state index in [2.05, 4.69) is 5.32 Å². The SMILES string of the molecule is CCCCNC(=O)[C@H](Cc1ccccc1)N(Cc1ccc(Cl)cc1Cl)C(=O)CN(c1ccccc1OC)S(=O)(=O)c1ccccc1. The predicted molar refractivity (Wildman–Crippen MR) is 183 cm³/mol. The number of benzene rings is 4. The van der Waals surface area contributed by atoms with E-state index in [-0.39, 0.29) is 35.2 Å². The summed E-state index contributed by atoms with van der Waals surface area (Å²) in [7, 11) is -2.83. The zero-order valence-electron chi connectivity index (χ0n) is 25.7. The normalized spacial score (nSPS) is 11.8. The number of rotatable bonds is 15. The minimum atomic E-state index is -4.26. The predicted octanol–water partition coefficient (Wildman–Crippen LogP) is 6.75. The molecule has 0 heterocycles. The molecule has 4 rings (SSSR count). The highest BCUT2D eigenvalue weighted by molar-refractivity contribution is 7.92. The fraction of sp³-hybridized carbons (Fsp3) is 0.257. The molecule has 242 valence electrons. The van der Waals surface area contributed by atoms with Gasteiger partial charge in [0.2, 0.25) is 11.8 Å². The fourth-order valence-electron chi connectivity index (χ4n) is 4.96. The van der Waals surface area contributed by atoms with E-state index >= 15 is 0 Å². The summed E-state index contributed by atoms with van der Waals surface area (Å²) in [6.45, 7) is 1.76. The molecule has 0 aliphatic heterocycles. The first-order chi connectivity index (χ1) is 22.1. The Labute approximate surface area is 280 Å². The zero-order chi connectivity index (χ0) is 33.1. The van der Waals surface area contributed by atoms with Crippen molar-refractivity contribution < 1.29 is 22.7 Å². The van der Waals surface area contributed by atoms with Gasteiger partial charge in [-0.2, -0.15) is 0 Å². The van der Waals surface area contributed by atoms with Crippen LogP contribution in [-0.2, 0) is 32.6 Å². The number of unbranched alkanes of at least 4 members (excludes halogenated alkanes) is 1. The van der Waals surface area contributed by atoms with Gasteiger partial charge in [0.05, 0.1) is 17.7 Å². The second-order valence-corrected chi connectivity index (χ2v) is 13.3. The maximum atomic E-state index is 14.6. The minimum Gasteiger partial charge on any atom is -0.495 e. The van der Waals surface area contributed by atoms with E-state index in [0.717, 1.165) is 22.7 Å². The van der Waals surface area contributed by atoms with Gasteiger partial charge >= 0.3 is 0 Å². The number of ether oxygens (including phenoxy) is 1. The van der Waals surface area contributed by atoms with Gasteiger partial charge in [0, 0.05) is 29.6 Å². The van der Waals surface area contributed by atoms with Crippen LogP contribution in [0.2, 0.25) is 10.0 Å². The number of halogens is 2. The Morgan fingerprint density at radius 2 is 1.54 bits per heavy atom. The van der Waals surface area contributed by atoms with E-state index in [9.17, 15) is 18.0 Å². The van der Waals surface area contributed by atoms with Crippen molar-refractivity contribution in [2.45, 2.75) is 43.7 Å². The maximum Gasteiger partial charge on any atom is 0.264 e. The Kier molecular flexibility index (Phi) is 12.5. The van der Waals surface area contributed by atoms with Crippen molar-refractivity contribution in [3.63, 3.8) is 0 Å². The number of para-hydroxylation sites is 2. The average molecular weight is 683 g/mol. The molecule has 1 N–H and O–H groups in total. The van der Waals surface area contributed by atoms with Crippen molar-refractivity contribution in [1.29, 1.82) is 0 Å². The molecule has 0 aliphatic rings. The van der Waals surface area contributed by atoms with Crippen LogP contribution in [0.3, 0.4) is 0 Å². The van der Waals surface area contributed by atoms with Crippen LogP contribution in [0, 0.1) is 0 Å². The quantitative estimate of drug-likeness (QED) is 0.140. The van der Waals surface area contributed by atoms with Crippen LogP contribution in [0.4, 0.5) is 5.69 Å². The van der Waals surface area contributed by atoms with Crippen molar-refractivity contribution in [1.82, 2.24) is 10.2 Å². The summed E-state index contributed by atoms with van der Waals surface area (Å²) in [4.78, 5) is 29.8. The second kappa shape index (κ2) is 16.5. The standard InChI is InChI=1S/C35H37Cl2N3O5S/c1-3-4-21-38-35(42)32(22-26-13-7-5-8-14-26)39(24-27-19-20-28(36)23-30(27)37)34(41)25-40(31-17-11-12-18-33(31)45-2)46(43,44)29-15-9-6-10-16-29/h5-20,23,32H,3-4,21-22,24-25H2,1-2H3,(H,38,42)/t32-/m0/s1. The van der Waals surface area contributed by atoms with Crippen molar-refractivity contribution in [3.8, 4) is 5.75 Å². The first-order valence-corrected chi connectivity index (χ1v) is 17.1. The Balaban J connectivity index is 1.83. The number of carbonyl (C=O) groups excluding carboxylic acids is 2. The van der Waals surface area contributed by atoms with Crippen LogP contribution in [0.25, 0.3) is 0 Å². The molecule has 0 saturated carbocycles. The van der Waals surface area contributed by atoms with Gasteiger partial charge in [0.25, 0.3) is 10.0 Å². The maximum absolute atomic E-state index is 14.6. The summed E-state index contributed by atoms with van der Waals surface area (Å²) in [6, 6.07) is 27.7. The number of nitrogens with zero attached hydrogens (tertiary/aromatic N) is 2. The average Bonchev–Trinajstić information content (AvgIpc) is 3.06. The molecule has 0 fully saturated rings. The molecule has 46 heavy (non-hydrogen) atoms. The number of sulfonamides is 1. The third-order valence-corrected chi connectivity index (χ3v) is 9.78. The molecular formula is C35H37Cl2N3O5S. The van der Waals surface area contributed by atoms with E-state index in [4.69, 9.17) is 27.9 Å². The number of amides is 2. The van der Waals surface area contributed by atoms with E-state index in [1.807, 2.05) is 37.3 Å². The first-order valence-electron chi connectivity index (χ1n) is 14.9. The van der Waals surface area contributed by atoms with E-state index < -0.39 is 28.5 Å². The number of hydrogen-bond acceptors (Lipinski definition) is 5. The van der Waals surface area contributed by atoms with E-state index in [0.29, 0.717) is 22.2 Å². The molecule has 0 radical (unpaired) electrons. The van der Waals surface area contributed by atoms with Crippen molar-refractivity contribution in [3.05, 3.63) is 124 Å². The minimum absolute atomic E-state index is 0.000791. The Bertz CT molecular complexity index is 1720. The molecule has 0 bridgehead atoms. The largest absolute Gasteiger partial charge is 0.495 e. The Hall–Kier alpha value is -4.05. The first kappa shape index (κ1) is 34.8. The van der Waals surface area contributed by atoms with E-state index in [1.165, 1.54) is 24.1 Å². The van der Waals surface area contributed by atoms with Gasteiger partial charge in [0.15, 0.2) is 0 Å². The van der Waals surface area contributed by atoms with Gasteiger partial charge in [0.1, 0.15) is 18.3 Å². The van der Waals surface area contributed by atoms with Crippen LogP contribution in [-0.4, -0.2) is 51.4 Å². The number of nitrogens with one attached hydrogen (secondary N) is 1. The smallest absolute Gasteiger partial charge is 0.264 e. The molecule has 0 spiro atoms. The van der Waals surface area contributed by atoms with Crippen LogP contribution in [0.5, 0.6) is 5.75 Å². The summed E-state index contributed by atoms with van der Waals surface area (Å²) in [5.74, 6) is -0.700. The van der Waals surface area contributed by atoms with Crippen LogP contribution >= 0.6 is 23.2 Å². The fourth-order valence-corrected chi connectivity index (χ4v) is 6.88. The highest BCUT2D eigenvalue weighted by atomic mass is 35.5. The molecule has 0 aliphatic carbocycles. The molecule has 11 heteroatoms. The summed E-state index contributed by atoms with van der Waals surface area (Å²) < 4.78 is 34.9. The van der Waals surface area contributed by atoms with Crippen molar-refractivity contribution in [2.75, 3.05) is 24.5 Å². The third-order valence-electron chi connectivity index (χ3n) is 7.42. The molecule has 0 unspecified atom stereocenters. The van der Waals surface area contributed by atoms with Crippen molar-refractivity contribution in [2.24, 2.45) is 0 Å². The molecule has 4 aromatic carbocycles.